The maximum absolute atomic E-state index is 5.50. The number of nitrogens with one attached hydrogen (secondary N) is 1. The molecule has 2 aromatic carbocycles. The highest BCUT2D eigenvalue weighted by Gasteiger charge is 2.28. The van der Waals surface area contributed by atoms with Crippen LogP contribution >= 0.6 is 0 Å². The largest absolute Gasteiger partial charge is 0.333 e. The fourth-order valence-electron chi connectivity index (χ4n) is 2.65. The molecule has 0 fully saturated rings. The summed E-state index contributed by atoms with van der Waals surface area (Å²) in [6, 6.07) is 20.5. The molecule has 1 heterocycles. The fourth-order valence-corrected chi connectivity index (χ4v) is 2.65. The van der Waals surface area contributed by atoms with E-state index in [2.05, 4.69) is 55.2 Å². The van der Waals surface area contributed by atoms with Crippen LogP contribution in [-0.4, -0.2) is 15.7 Å². The molecule has 1 N–H and O–H groups in total. The maximum Gasteiger partial charge on any atom is 0.282 e. The van der Waals surface area contributed by atoms with Crippen molar-refractivity contribution in [3.63, 3.8) is 0 Å². The molecule has 0 saturated carbocycles. The SMILES string of the molecule is CC(C)(C)[NH+](Cc1ccccc1)Cc1nc(-c2ccccc2)no1. The van der Waals surface area contributed by atoms with E-state index in [1.165, 1.54) is 10.5 Å². The summed E-state index contributed by atoms with van der Waals surface area (Å²) >= 11 is 0. The molecule has 1 unspecified atom stereocenters. The Bertz CT molecular complexity index is 760. The van der Waals surface area contributed by atoms with Gasteiger partial charge in [-0.25, -0.2) is 0 Å². The van der Waals surface area contributed by atoms with Gasteiger partial charge >= 0.3 is 0 Å². The lowest BCUT2D eigenvalue weighted by atomic mass is 10.0. The third-order valence-electron chi connectivity index (χ3n) is 4.19. The molecule has 0 spiro atoms. The molecule has 0 radical (unpaired) electrons. The molecule has 1 atom stereocenters. The Morgan fingerprint density at radius 3 is 2.12 bits per heavy atom. The summed E-state index contributed by atoms with van der Waals surface area (Å²) in [7, 11) is 0. The molecule has 0 saturated heterocycles. The van der Waals surface area contributed by atoms with Crippen molar-refractivity contribution in [2.45, 2.75) is 39.4 Å². The Morgan fingerprint density at radius 2 is 1.50 bits per heavy atom. The van der Waals surface area contributed by atoms with Crippen LogP contribution in [0, 0.1) is 0 Å². The van der Waals surface area contributed by atoms with Crippen molar-refractivity contribution < 1.29 is 9.42 Å². The van der Waals surface area contributed by atoms with Gasteiger partial charge in [-0.05, 0) is 20.8 Å². The van der Waals surface area contributed by atoms with E-state index in [4.69, 9.17) is 4.52 Å². The smallest absolute Gasteiger partial charge is 0.282 e. The van der Waals surface area contributed by atoms with E-state index < -0.39 is 0 Å². The number of benzene rings is 2. The Kier molecular flexibility index (Phi) is 4.76. The molecule has 0 aliphatic heterocycles. The van der Waals surface area contributed by atoms with Crippen LogP contribution in [0.3, 0.4) is 0 Å². The highest BCUT2D eigenvalue weighted by atomic mass is 16.5. The van der Waals surface area contributed by atoms with Crippen molar-refractivity contribution >= 4 is 0 Å². The van der Waals surface area contributed by atoms with Crippen molar-refractivity contribution in [2.75, 3.05) is 0 Å². The fraction of sp³-hybridized carbons (Fsp3) is 0.300. The highest BCUT2D eigenvalue weighted by Crippen LogP contribution is 2.14. The molecule has 3 rings (SSSR count). The van der Waals surface area contributed by atoms with Crippen LogP contribution in [0.15, 0.2) is 65.2 Å². The first kappa shape index (κ1) is 16.4. The van der Waals surface area contributed by atoms with Crippen LogP contribution in [-0.2, 0) is 13.1 Å². The van der Waals surface area contributed by atoms with E-state index in [0.29, 0.717) is 18.3 Å². The third kappa shape index (κ3) is 4.09. The molecule has 24 heavy (non-hydrogen) atoms. The van der Waals surface area contributed by atoms with Crippen molar-refractivity contribution in [1.29, 1.82) is 0 Å². The van der Waals surface area contributed by atoms with E-state index in [-0.39, 0.29) is 5.54 Å². The molecule has 4 heteroatoms. The van der Waals surface area contributed by atoms with Crippen LogP contribution in [0.1, 0.15) is 32.2 Å². The second kappa shape index (κ2) is 6.97. The lowest BCUT2D eigenvalue weighted by molar-refractivity contribution is -0.973. The Morgan fingerprint density at radius 1 is 0.875 bits per heavy atom. The van der Waals surface area contributed by atoms with Gasteiger partial charge in [-0.1, -0.05) is 65.8 Å². The number of aromatic nitrogens is 2. The van der Waals surface area contributed by atoms with E-state index in [0.717, 1.165) is 12.1 Å². The van der Waals surface area contributed by atoms with E-state index in [1.54, 1.807) is 0 Å². The van der Waals surface area contributed by atoms with E-state index in [9.17, 15) is 0 Å². The highest BCUT2D eigenvalue weighted by molar-refractivity contribution is 5.53. The van der Waals surface area contributed by atoms with Crippen molar-refractivity contribution in [1.82, 2.24) is 10.1 Å². The van der Waals surface area contributed by atoms with Crippen LogP contribution in [0.5, 0.6) is 0 Å². The van der Waals surface area contributed by atoms with Gasteiger partial charge in [0.25, 0.3) is 5.89 Å². The summed E-state index contributed by atoms with van der Waals surface area (Å²) in [6.07, 6.45) is 0. The van der Waals surface area contributed by atoms with Crippen LogP contribution < -0.4 is 4.90 Å². The molecule has 0 aliphatic carbocycles. The number of hydrogen-bond acceptors (Lipinski definition) is 3. The first-order valence-electron chi connectivity index (χ1n) is 8.29. The Balaban J connectivity index is 1.77. The number of rotatable bonds is 5. The Hall–Kier alpha value is -2.46. The van der Waals surface area contributed by atoms with Gasteiger partial charge in [0, 0.05) is 11.1 Å². The predicted molar refractivity (Wildman–Crippen MR) is 94.3 cm³/mol. The number of hydrogen-bond donors (Lipinski definition) is 1. The summed E-state index contributed by atoms with van der Waals surface area (Å²) in [6.45, 7) is 8.34. The van der Waals surface area contributed by atoms with Gasteiger partial charge in [0.1, 0.15) is 6.54 Å². The number of quaternary nitrogens is 1. The van der Waals surface area contributed by atoms with Gasteiger partial charge in [0.05, 0.1) is 5.54 Å². The summed E-state index contributed by atoms with van der Waals surface area (Å²) in [4.78, 5) is 5.96. The molecule has 0 aliphatic rings. The topological polar surface area (TPSA) is 43.4 Å². The molecule has 0 bridgehead atoms. The summed E-state index contributed by atoms with van der Waals surface area (Å²) in [5.41, 5.74) is 2.37. The van der Waals surface area contributed by atoms with Gasteiger partial charge < -0.3 is 9.42 Å². The van der Waals surface area contributed by atoms with Crippen LogP contribution in [0.4, 0.5) is 0 Å². The van der Waals surface area contributed by atoms with E-state index >= 15 is 0 Å². The minimum atomic E-state index is 0.0806. The molecule has 124 valence electrons. The lowest BCUT2D eigenvalue weighted by Gasteiger charge is -2.31. The minimum absolute atomic E-state index is 0.0806. The van der Waals surface area contributed by atoms with Crippen LogP contribution in [0.25, 0.3) is 11.4 Å². The average molecular weight is 322 g/mol. The number of nitrogens with zero attached hydrogens (tertiary/aromatic N) is 2. The minimum Gasteiger partial charge on any atom is -0.333 e. The molecule has 0 amide bonds. The molecule has 4 nitrogen and oxygen atoms in total. The standard InChI is InChI=1S/C20H23N3O/c1-20(2,3)23(14-16-10-6-4-7-11-16)15-18-21-19(22-24-18)17-12-8-5-9-13-17/h4-13H,14-15H2,1-3H3/p+1. The molecule has 3 aromatic rings. The molecular formula is C20H24N3O+. The van der Waals surface area contributed by atoms with Gasteiger partial charge in [0.15, 0.2) is 6.54 Å². The van der Waals surface area contributed by atoms with Gasteiger partial charge in [-0.2, -0.15) is 4.98 Å². The first-order chi connectivity index (χ1) is 11.5. The van der Waals surface area contributed by atoms with Crippen molar-refractivity contribution in [3.8, 4) is 11.4 Å². The van der Waals surface area contributed by atoms with Gasteiger partial charge in [0.2, 0.25) is 5.82 Å². The third-order valence-corrected chi connectivity index (χ3v) is 4.19. The normalized spacial score (nSPS) is 13.0. The second-order valence-electron chi connectivity index (χ2n) is 7.07. The average Bonchev–Trinajstić information content (AvgIpc) is 3.04. The zero-order valence-corrected chi connectivity index (χ0v) is 14.5. The second-order valence-corrected chi connectivity index (χ2v) is 7.07. The van der Waals surface area contributed by atoms with E-state index in [1.807, 2.05) is 36.4 Å². The quantitative estimate of drug-likeness (QED) is 0.785. The van der Waals surface area contributed by atoms with Crippen LogP contribution in [0.2, 0.25) is 0 Å². The molecular weight excluding hydrogens is 298 g/mol. The van der Waals surface area contributed by atoms with Gasteiger partial charge in [-0.3, -0.25) is 0 Å². The summed E-state index contributed by atoms with van der Waals surface area (Å²) in [5, 5.41) is 4.13. The lowest BCUT2D eigenvalue weighted by Crippen LogP contribution is -3.16. The summed E-state index contributed by atoms with van der Waals surface area (Å²) in [5.74, 6) is 1.33. The van der Waals surface area contributed by atoms with Gasteiger partial charge in [-0.15, -0.1) is 0 Å². The van der Waals surface area contributed by atoms with Crippen molar-refractivity contribution in [2.24, 2.45) is 0 Å². The molecule has 1 aromatic heterocycles. The van der Waals surface area contributed by atoms with Crippen molar-refractivity contribution in [3.05, 3.63) is 72.1 Å². The summed E-state index contributed by atoms with van der Waals surface area (Å²) < 4.78 is 5.50. The monoisotopic (exact) mass is 322 g/mol. The Labute approximate surface area is 143 Å². The predicted octanol–water partition coefficient (Wildman–Crippen LogP) is 3.12. The first-order valence-corrected chi connectivity index (χ1v) is 8.29. The maximum atomic E-state index is 5.50. The zero-order chi connectivity index (χ0) is 17.0. The zero-order valence-electron chi connectivity index (χ0n) is 14.5.